The molecule has 0 saturated carbocycles. The summed E-state index contributed by atoms with van der Waals surface area (Å²) < 4.78 is 0. The van der Waals surface area contributed by atoms with Gasteiger partial charge in [-0.2, -0.15) is 0 Å². The zero-order chi connectivity index (χ0) is 7.72. The summed E-state index contributed by atoms with van der Waals surface area (Å²) in [6.07, 6.45) is 0. The molecule has 0 aliphatic rings. The molecular formula is C6H8N3NaO. The Morgan fingerprint density at radius 3 is 1.73 bits per heavy atom. The first-order valence-corrected chi connectivity index (χ1v) is 2.72. The average molecular weight is 161 g/mol. The maximum absolute atomic E-state index is 10.8. The van der Waals surface area contributed by atoms with E-state index in [-0.39, 0.29) is 46.7 Å². The molecule has 11 heavy (non-hydrogen) atoms. The molecule has 5 heteroatoms. The van der Waals surface area contributed by atoms with Crippen LogP contribution in [0, 0.1) is 0 Å². The zero-order valence-electron chi connectivity index (χ0n) is 6.29. The van der Waals surface area contributed by atoms with E-state index >= 15 is 0 Å². The van der Waals surface area contributed by atoms with E-state index in [1.165, 1.54) is 12.1 Å². The van der Waals surface area contributed by atoms with Gasteiger partial charge in [-0.1, -0.05) is 5.75 Å². The predicted molar refractivity (Wildman–Crippen MR) is 39.1 cm³/mol. The van der Waals surface area contributed by atoms with Crippen molar-refractivity contribution < 1.29 is 34.7 Å². The van der Waals surface area contributed by atoms with E-state index in [0.29, 0.717) is 5.69 Å². The number of nitrogens with two attached hydrogens (primary N) is 3. The van der Waals surface area contributed by atoms with Crippen molar-refractivity contribution in [3.05, 3.63) is 12.1 Å². The summed E-state index contributed by atoms with van der Waals surface area (Å²) in [6, 6.07) is 2.78. The summed E-state index contributed by atoms with van der Waals surface area (Å²) >= 11 is 0. The second-order valence-corrected chi connectivity index (χ2v) is 2.03. The van der Waals surface area contributed by atoms with Crippen LogP contribution in [0.25, 0.3) is 0 Å². The third kappa shape index (κ3) is 2.18. The Morgan fingerprint density at radius 1 is 1.00 bits per heavy atom. The minimum atomic E-state index is -0.353. The monoisotopic (exact) mass is 161 g/mol. The summed E-state index contributed by atoms with van der Waals surface area (Å²) in [5.41, 5.74) is 16.4. The fourth-order valence-electron chi connectivity index (χ4n) is 0.699. The number of hydrogen-bond acceptors (Lipinski definition) is 4. The van der Waals surface area contributed by atoms with Crippen molar-refractivity contribution in [1.82, 2.24) is 0 Å². The first kappa shape index (κ1) is 10.4. The SMILES string of the molecule is Nc1cc(N)c([O-])c(N)c1.[Na+]. The first-order valence-electron chi connectivity index (χ1n) is 2.72. The Kier molecular flexibility index (Phi) is 3.51. The quantitative estimate of drug-likeness (QED) is 0.271. The fourth-order valence-corrected chi connectivity index (χ4v) is 0.699. The summed E-state index contributed by atoms with van der Waals surface area (Å²) in [5.74, 6) is -0.353. The van der Waals surface area contributed by atoms with Crippen molar-refractivity contribution in [2.45, 2.75) is 0 Å². The Bertz CT molecular complexity index is 241. The molecular weight excluding hydrogens is 153 g/mol. The van der Waals surface area contributed by atoms with Crippen LogP contribution in [0.15, 0.2) is 12.1 Å². The van der Waals surface area contributed by atoms with Crippen LogP contribution in [0.5, 0.6) is 5.75 Å². The number of nitrogen functional groups attached to an aromatic ring is 3. The molecule has 1 aromatic carbocycles. The van der Waals surface area contributed by atoms with Gasteiger partial charge < -0.3 is 22.3 Å². The second kappa shape index (κ2) is 3.71. The molecule has 0 spiro atoms. The van der Waals surface area contributed by atoms with Gasteiger partial charge in [0.2, 0.25) is 0 Å². The van der Waals surface area contributed by atoms with Crippen LogP contribution in [-0.4, -0.2) is 0 Å². The largest absolute Gasteiger partial charge is 1.00 e. The van der Waals surface area contributed by atoms with Gasteiger partial charge in [0.05, 0.1) is 0 Å². The standard InChI is InChI=1S/C6H9N3O.Na/c7-3-1-4(8)6(10)5(9)2-3;/h1-2,10H,7-9H2;/q;+1/p-1. The van der Waals surface area contributed by atoms with Crippen molar-refractivity contribution in [3.63, 3.8) is 0 Å². The van der Waals surface area contributed by atoms with E-state index < -0.39 is 0 Å². The van der Waals surface area contributed by atoms with Gasteiger partial charge in [0.1, 0.15) is 0 Å². The molecule has 1 aromatic rings. The number of anilines is 3. The molecule has 0 aromatic heterocycles. The molecule has 6 N–H and O–H groups in total. The van der Waals surface area contributed by atoms with E-state index in [1.54, 1.807) is 0 Å². The Hall–Kier alpha value is -0.580. The van der Waals surface area contributed by atoms with Gasteiger partial charge in [-0.25, -0.2) is 0 Å². The Morgan fingerprint density at radius 2 is 1.36 bits per heavy atom. The van der Waals surface area contributed by atoms with Crippen molar-refractivity contribution >= 4 is 17.1 Å². The van der Waals surface area contributed by atoms with E-state index in [9.17, 15) is 5.11 Å². The van der Waals surface area contributed by atoms with Crippen LogP contribution >= 0.6 is 0 Å². The van der Waals surface area contributed by atoms with Gasteiger partial charge in [-0.3, -0.25) is 0 Å². The molecule has 0 bridgehead atoms. The molecule has 4 nitrogen and oxygen atoms in total. The number of rotatable bonds is 0. The van der Waals surface area contributed by atoms with E-state index in [1.807, 2.05) is 0 Å². The van der Waals surface area contributed by atoms with Crippen LogP contribution in [0.1, 0.15) is 0 Å². The number of hydrogen-bond donors (Lipinski definition) is 3. The van der Waals surface area contributed by atoms with Crippen molar-refractivity contribution in [1.29, 1.82) is 0 Å². The minimum absolute atomic E-state index is 0. The second-order valence-electron chi connectivity index (χ2n) is 2.03. The predicted octanol–water partition coefficient (Wildman–Crippen LogP) is -3.49. The molecule has 0 radical (unpaired) electrons. The molecule has 0 unspecified atom stereocenters. The number of benzene rings is 1. The van der Waals surface area contributed by atoms with Gasteiger partial charge in [-0.15, -0.1) is 0 Å². The first-order chi connectivity index (χ1) is 4.61. The van der Waals surface area contributed by atoms with Gasteiger partial charge in [0.25, 0.3) is 0 Å². The summed E-state index contributed by atoms with van der Waals surface area (Å²) in [5, 5.41) is 10.8. The zero-order valence-corrected chi connectivity index (χ0v) is 8.29. The smallest absolute Gasteiger partial charge is 0.870 e. The molecule has 0 atom stereocenters. The maximum Gasteiger partial charge on any atom is 1.00 e. The normalized spacial score (nSPS) is 8.73. The molecule has 0 saturated heterocycles. The molecule has 54 valence electrons. The van der Waals surface area contributed by atoms with E-state index in [4.69, 9.17) is 17.2 Å². The maximum atomic E-state index is 10.8. The van der Waals surface area contributed by atoms with Crippen molar-refractivity contribution in [3.8, 4) is 5.75 Å². The summed E-state index contributed by atoms with van der Waals surface area (Å²) in [4.78, 5) is 0. The van der Waals surface area contributed by atoms with Crippen LogP contribution < -0.4 is 51.9 Å². The van der Waals surface area contributed by atoms with Crippen LogP contribution in [0.3, 0.4) is 0 Å². The Labute approximate surface area is 86.7 Å². The third-order valence-corrected chi connectivity index (χ3v) is 1.17. The summed E-state index contributed by atoms with van der Waals surface area (Å²) in [7, 11) is 0. The van der Waals surface area contributed by atoms with E-state index in [2.05, 4.69) is 0 Å². The molecule has 1 rings (SSSR count). The van der Waals surface area contributed by atoms with Gasteiger partial charge >= 0.3 is 29.6 Å². The molecule has 0 aliphatic carbocycles. The van der Waals surface area contributed by atoms with Crippen molar-refractivity contribution in [2.75, 3.05) is 17.2 Å². The minimum Gasteiger partial charge on any atom is -0.870 e. The molecule has 0 amide bonds. The fraction of sp³-hybridized carbons (Fsp3) is 0. The van der Waals surface area contributed by atoms with Crippen LogP contribution in [0.2, 0.25) is 0 Å². The topological polar surface area (TPSA) is 101 Å². The third-order valence-electron chi connectivity index (χ3n) is 1.17. The van der Waals surface area contributed by atoms with Crippen molar-refractivity contribution in [2.24, 2.45) is 0 Å². The van der Waals surface area contributed by atoms with Crippen LogP contribution in [-0.2, 0) is 0 Å². The van der Waals surface area contributed by atoms with E-state index in [0.717, 1.165) is 0 Å². The van der Waals surface area contributed by atoms with Gasteiger partial charge in [0.15, 0.2) is 0 Å². The molecule has 0 fully saturated rings. The molecule has 0 heterocycles. The van der Waals surface area contributed by atoms with Crippen LogP contribution in [0.4, 0.5) is 17.1 Å². The Balaban J connectivity index is 0.000001000. The van der Waals surface area contributed by atoms with Gasteiger partial charge in [0, 0.05) is 17.1 Å². The van der Waals surface area contributed by atoms with Gasteiger partial charge in [-0.05, 0) is 12.1 Å². The molecule has 0 aliphatic heterocycles. The average Bonchev–Trinajstić information content (AvgIpc) is 1.82. The summed E-state index contributed by atoms with van der Waals surface area (Å²) in [6.45, 7) is 0.